The molecule has 0 amide bonds. The Labute approximate surface area is 144 Å². The summed E-state index contributed by atoms with van der Waals surface area (Å²) in [5.74, 6) is 0. The molecule has 0 unspecified atom stereocenters. The van der Waals surface area contributed by atoms with Gasteiger partial charge in [0, 0.05) is 4.47 Å². The summed E-state index contributed by atoms with van der Waals surface area (Å²) in [4.78, 5) is 0. The highest BCUT2D eigenvalue weighted by atomic mass is 79.9. The van der Waals surface area contributed by atoms with Gasteiger partial charge in [0.05, 0.1) is 0 Å². The Morgan fingerprint density at radius 1 is 0.478 bits per heavy atom. The lowest BCUT2D eigenvalue weighted by molar-refractivity contribution is 1.57. The number of fused-ring (bicyclic) bond motifs is 1. The third kappa shape index (κ3) is 2.80. The van der Waals surface area contributed by atoms with Crippen LogP contribution in [0.3, 0.4) is 0 Å². The van der Waals surface area contributed by atoms with E-state index in [-0.39, 0.29) is 0 Å². The highest BCUT2D eigenvalue weighted by molar-refractivity contribution is 9.10. The molecule has 4 aromatic carbocycles. The number of rotatable bonds is 2. The first-order chi connectivity index (χ1) is 11.3. The van der Waals surface area contributed by atoms with Gasteiger partial charge in [0.2, 0.25) is 0 Å². The molecule has 0 spiro atoms. The lowest BCUT2D eigenvalue weighted by Crippen LogP contribution is -1.85. The molecular weight excluding hydrogens is 344 g/mol. The molecular formula is C22H15Br. The molecule has 0 aliphatic carbocycles. The predicted molar refractivity (Wildman–Crippen MR) is 103 cm³/mol. The SMILES string of the molecule is Brc1cccc(-c2ccccc2-c2ccc3ccccc3c2)c1. The molecule has 0 radical (unpaired) electrons. The van der Waals surface area contributed by atoms with E-state index in [1.807, 2.05) is 0 Å². The van der Waals surface area contributed by atoms with Crippen molar-refractivity contribution in [2.75, 3.05) is 0 Å². The quantitative estimate of drug-likeness (QED) is 0.364. The average molecular weight is 359 g/mol. The van der Waals surface area contributed by atoms with E-state index in [1.165, 1.54) is 33.0 Å². The van der Waals surface area contributed by atoms with Crippen molar-refractivity contribution < 1.29 is 0 Å². The zero-order chi connectivity index (χ0) is 15.6. The van der Waals surface area contributed by atoms with E-state index in [0.29, 0.717) is 0 Å². The number of hydrogen-bond acceptors (Lipinski definition) is 0. The van der Waals surface area contributed by atoms with Crippen LogP contribution in [-0.4, -0.2) is 0 Å². The van der Waals surface area contributed by atoms with E-state index in [1.54, 1.807) is 0 Å². The molecule has 0 atom stereocenters. The Balaban J connectivity index is 1.91. The second-order valence-electron chi connectivity index (χ2n) is 5.62. The lowest BCUT2D eigenvalue weighted by atomic mass is 9.93. The molecule has 0 heterocycles. The Kier molecular flexibility index (Phi) is 3.72. The van der Waals surface area contributed by atoms with E-state index in [2.05, 4.69) is 107 Å². The summed E-state index contributed by atoms with van der Waals surface area (Å²) in [6, 6.07) is 32.2. The van der Waals surface area contributed by atoms with Crippen LogP contribution in [0, 0.1) is 0 Å². The van der Waals surface area contributed by atoms with E-state index in [0.717, 1.165) is 4.47 Å². The molecule has 4 rings (SSSR count). The third-order valence-electron chi connectivity index (χ3n) is 4.12. The smallest absolute Gasteiger partial charge is 0.0181 e. The van der Waals surface area contributed by atoms with Gasteiger partial charge < -0.3 is 0 Å². The number of halogens is 1. The van der Waals surface area contributed by atoms with Crippen LogP contribution in [0.25, 0.3) is 33.0 Å². The zero-order valence-corrected chi connectivity index (χ0v) is 14.1. The Bertz CT molecular complexity index is 986. The molecule has 0 saturated carbocycles. The first kappa shape index (κ1) is 14.2. The second-order valence-corrected chi connectivity index (χ2v) is 6.53. The maximum absolute atomic E-state index is 3.57. The van der Waals surface area contributed by atoms with Crippen molar-refractivity contribution in [3.8, 4) is 22.3 Å². The average Bonchev–Trinajstić information content (AvgIpc) is 2.61. The van der Waals surface area contributed by atoms with E-state index >= 15 is 0 Å². The van der Waals surface area contributed by atoms with Gasteiger partial charge in [-0.2, -0.15) is 0 Å². The topological polar surface area (TPSA) is 0 Å². The van der Waals surface area contributed by atoms with Crippen LogP contribution in [0.1, 0.15) is 0 Å². The largest absolute Gasteiger partial charge is 0.0616 e. The van der Waals surface area contributed by atoms with Crippen molar-refractivity contribution >= 4 is 26.7 Å². The summed E-state index contributed by atoms with van der Waals surface area (Å²) in [5.41, 5.74) is 4.99. The number of benzene rings is 4. The van der Waals surface area contributed by atoms with Crippen molar-refractivity contribution in [1.82, 2.24) is 0 Å². The van der Waals surface area contributed by atoms with Crippen LogP contribution < -0.4 is 0 Å². The minimum absolute atomic E-state index is 1.10. The summed E-state index contributed by atoms with van der Waals surface area (Å²) >= 11 is 3.57. The van der Waals surface area contributed by atoms with Crippen LogP contribution in [-0.2, 0) is 0 Å². The van der Waals surface area contributed by atoms with Crippen LogP contribution in [0.4, 0.5) is 0 Å². The third-order valence-corrected chi connectivity index (χ3v) is 4.62. The highest BCUT2D eigenvalue weighted by Gasteiger charge is 2.07. The summed E-state index contributed by atoms with van der Waals surface area (Å²) in [5, 5.41) is 2.55. The van der Waals surface area contributed by atoms with Crippen LogP contribution in [0.2, 0.25) is 0 Å². The van der Waals surface area contributed by atoms with Crippen LogP contribution >= 0.6 is 15.9 Å². The number of hydrogen-bond donors (Lipinski definition) is 0. The monoisotopic (exact) mass is 358 g/mol. The van der Waals surface area contributed by atoms with E-state index < -0.39 is 0 Å². The summed E-state index contributed by atoms with van der Waals surface area (Å²) < 4.78 is 1.10. The fraction of sp³-hybridized carbons (Fsp3) is 0. The van der Waals surface area contributed by atoms with Gasteiger partial charge in [-0.1, -0.05) is 88.7 Å². The van der Waals surface area contributed by atoms with Gasteiger partial charge in [-0.15, -0.1) is 0 Å². The normalized spacial score (nSPS) is 10.8. The maximum Gasteiger partial charge on any atom is 0.0181 e. The van der Waals surface area contributed by atoms with Crippen molar-refractivity contribution in [1.29, 1.82) is 0 Å². The van der Waals surface area contributed by atoms with E-state index in [9.17, 15) is 0 Å². The Hall–Kier alpha value is -2.38. The molecule has 0 aromatic heterocycles. The highest BCUT2D eigenvalue weighted by Crippen LogP contribution is 2.34. The van der Waals surface area contributed by atoms with Crippen molar-refractivity contribution in [2.24, 2.45) is 0 Å². The summed E-state index contributed by atoms with van der Waals surface area (Å²) in [6.45, 7) is 0. The zero-order valence-electron chi connectivity index (χ0n) is 12.5. The van der Waals surface area contributed by atoms with Crippen LogP contribution in [0.15, 0.2) is 95.5 Å². The van der Waals surface area contributed by atoms with Crippen LogP contribution in [0.5, 0.6) is 0 Å². The molecule has 0 aliphatic heterocycles. The molecule has 0 fully saturated rings. The summed E-state index contributed by atoms with van der Waals surface area (Å²) in [6.07, 6.45) is 0. The molecule has 4 aromatic rings. The van der Waals surface area contributed by atoms with Gasteiger partial charge in [0.15, 0.2) is 0 Å². The molecule has 0 N–H and O–H groups in total. The maximum atomic E-state index is 3.57. The molecule has 23 heavy (non-hydrogen) atoms. The molecule has 110 valence electrons. The first-order valence-electron chi connectivity index (χ1n) is 7.65. The van der Waals surface area contributed by atoms with Gasteiger partial charge in [-0.25, -0.2) is 0 Å². The standard InChI is InChI=1S/C22H15Br/c23-20-9-5-8-18(15-20)21-10-3-4-11-22(21)19-13-12-16-6-1-2-7-17(16)14-19/h1-15H. The second kappa shape index (κ2) is 6.02. The van der Waals surface area contributed by atoms with E-state index in [4.69, 9.17) is 0 Å². The van der Waals surface area contributed by atoms with Gasteiger partial charge in [-0.05, 0) is 51.2 Å². The fourth-order valence-corrected chi connectivity index (χ4v) is 3.40. The van der Waals surface area contributed by atoms with Crippen molar-refractivity contribution in [3.63, 3.8) is 0 Å². The molecule has 0 nitrogen and oxygen atoms in total. The van der Waals surface area contributed by atoms with Crippen molar-refractivity contribution in [3.05, 3.63) is 95.5 Å². The molecule has 1 heteroatoms. The van der Waals surface area contributed by atoms with Gasteiger partial charge >= 0.3 is 0 Å². The minimum Gasteiger partial charge on any atom is -0.0616 e. The molecule has 0 bridgehead atoms. The summed E-state index contributed by atoms with van der Waals surface area (Å²) in [7, 11) is 0. The molecule has 0 aliphatic rings. The fourth-order valence-electron chi connectivity index (χ4n) is 3.00. The van der Waals surface area contributed by atoms with Gasteiger partial charge in [0.25, 0.3) is 0 Å². The minimum atomic E-state index is 1.10. The Morgan fingerprint density at radius 3 is 1.87 bits per heavy atom. The lowest BCUT2D eigenvalue weighted by Gasteiger charge is -2.11. The Morgan fingerprint density at radius 2 is 1.13 bits per heavy atom. The molecule has 0 saturated heterocycles. The van der Waals surface area contributed by atoms with Gasteiger partial charge in [-0.3, -0.25) is 0 Å². The van der Waals surface area contributed by atoms with Crippen molar-refractivity contribution in [2.45, 2.75) is 0 Å². The predicted octanol–water partition coefficient (Wildman–Crippen LogP) is 6.94. The van der Waals surface area contributed by atoms with Gasteiger partial charge in [0.1, 0.15) is 0 Å². The first-order valence-corrected chi connectivity index (χ1v) is 8.45.